The lowest BCUT2D eigenvalue weighted by atomic mass is 9.82. The van der Waals surface area contributed by atoms with Crippen LogP contribution in [0.25, 0.3) is 0 Å². The fraction of sp³-hybridized carbons (Fsp3) is 0.283. The average molecular weight is 816 g/mol. The first-order chi connectivity index (χ1) is 27.9. The summed E-state index contributed by atoms with van der Waals surface area (Å²) in [7, 11) is -3.57. The van der Waals surface area contributed by atoms with E-state index in [0.717, 1.165) is 16.7 Å². The minimum atomic E-state index is -3.57. The summed E-state index contributed by atoms with van der Waals surface area (Å²) in [6, 6.07) is 34.7. The maximum Gasteiger partial charge on any atom is 0.266 e. The van der Waals surface area contributed by atoms with E-state index in [2.05, 4.69) is 0 Å². The molecular weight excluding hydrogens is 773 g/mol. The van der Waals surface area contributed by atoms with Crippen LogP contribution in [0.4, 0.5) is 21.2 Å². The number of hydrogen-bond donors (Lipinski definition) is 1. The summed E-state index contributed by atoms with van der Waals surface area (Å²) in [5.74, 6) is -0.426. The molecule has 5 aromatic rings. The number of fused-ring (bicyclic) bond motifs is 5. The Morgan fingerprint density at radius 3 is 2.33 bits per heavy atom. The van der Waals surface area contributed by atoms with Gasteiger partial charge in [0.2, 0.25) is 14.3 Å². The third-order valence-corrected chi connectivity index (χ3v) is 15.1. The molecule has 0 saturated carbocycles. The highest BCUT2D eigenvalue weighted by Gasteiger charge is 2.67. The van der Waals surface area contributed by atoms with E-state index in [9.17, 15) is 14.7 Å². The van der Waals surface area contributed by atoms with Crippen molar-refractivity contribution < 1.29 is 33.1 Å². The largest absolute Gasteiger partial charge is 0.454 e. The van der Waals surface area contributed by atoms with Gasteiger partial charge in [0, 0.05) is 34.3 Å². The van der Waals surface area contributed by atoms with Gasteiger partial charge >= 0.3 is 0 Å². The van der Waals surface area contributed by atoms with Crippen molar-refractivity contribution in [1.82, 2.24) is 4.90 Å². The van der Waals surface area contributed by atoms with Crippen LogP contribution in [0.1, 0.15) is 46.0 Å². The van der Waals surface area contributed by atoms with Gasteiger partial charge in [-0.05, 0) is 90.8 Å². The summed E-state index contributed by atoms with van der Waals surface area (Å²) >= 11 is 6.62. The zero-order chi connectivity index (χ0) is 40.5. The normalized spacial score (nSPS) is 23.6. The van der Waals surface area contributed by atoms with Gasteiger partial charge in [0.1, 0.15) is 5.75 Å². The molecule has 4 aliphatic heterocycles. The predicted octanol–water partition coefficient (Wildman–Crippen LogP) is 9.08. The standard InChI is InChI=1S/C46H43ClFN3O6Si/c1-28-43(58(2,3)48)41(24-42(53)49-26-31-11-5-4-10-30(31)22-34(49)27-52)57-46(28)36-23-32(47)18-21-37(36)50(45(46)55)25-29-16-19-33(20-17-29)51-38-13-7-9-15-40(38)56-39-14-8-6-12-35(39)44(51)54/h4-21,23,28,34,41,43,52H,22,24-27H2,1-3H3/t28-,34+,41+,43-,46+/m1/s1. The molecule has 1 fully saturated rings. The van der Waals surface area contributed by atoms with Crippen molar-refractivity contribution in [3.8, 4) is 11.5 Å². The van der Waals surface area contributed by atoms with Gasteiger partial charge in [0.25, 0.3) is 11.8 Å². The highest BCUT2D eigenvalue weighted by Crippen LogP contribution is 2.60. The van der Waals surface area contributed by atoms with Gasteiger partial charge in [0.15, 0.2) is 11.4 Å². The summed E-state index contributed by atoms with van der Waals surface area (Å²) in [6.07, 6.45) is -0.501. The van der Waals surface area contributed by atoms with E-state index in [1.165, 1.54) is 0 Å². The summed E-state index contributed by atoms with van der Waals surface area (Å²) in [4.78, 5) is 48.2. The first kappa shape index (κ1) is 38.2. The van der Waals surface area contributed by atoms with E-state index in [0.29, 0.717) is 57.7 Å². The van der Waals surface area contributed by atoms with Gasteiger partial charge in [-0.3, -0.25) is 19.3 Å². The molecule has 5 atom stereocenters. The van der Waals surface area contributed by atoms with Crippen molar-refractivity contribution >= 4 is 54.8 Å². The molecule has 1 saturated heterocycles. The number of halogens is 2. The molecule has 58 heavy (non-hydrogen) atoms. The van der Waals surface area contributed by atoms with E-state index < -0.39 is 37.6 Å². The number of aliphatic hydroxyl groups is 1. The summed E-state index contributed by atoms with van der Waals surface area (Å²) in [5.41, 5.74) is 3.43. The van der Waals surface area contributed by atoms with Crippen LogP contribution >= 0.6 is 11.6 Å². The van der Waals surface area contributed by atoms with Crippen LogP contribution in [0.5, 0.6) is 11.5 Å². The smallest absolute Gasteiger partial charge is 0.266 e. The molecular formula is C46H43ClFN3O6Si. The van der Waals surface area contributed by atoms with E-state index in [-0.39, 0.29) is 37.3 Å². The van der Waals surface area contributed by atoms with Crippen LogP contribution < -0.4 is 14.5 Å². The second-order valence-electron chi connectivity index (χ2n) is 16.2. The molecule has 4 aliphatic rings. The zero-order valence-electron chi connectivity index (χ0n) is 32.4. The second kappa shape index (κ2) is 14.5. The Kier molecular flexibility index (Phi) is 9.54. The van der Waals surface area contributed by atoms with Crippen LogP contribution in [0.15, 0.2) is 115 Å². The molecule has 5 aromatic carbocycles. The number of carbonyl (C=O) groups is 3. The molecule has 1 spiro atoms. The Morgan fingerprint density at radius 2 is 1.59 bits per heavy atom. The van der Waals surface area contributed by atoms with Gasteiger partial charge in [0.05, 0.1) is 48.7 Å². The Morgan fingerprint density at radius 1 is 0.897 bits per heavy atom. The van der Waals surface area contributed by atoms with Crippen molar-refractivity contribution in [3.63, 3.8) is 0 Å². The molecule has 0 aliphatic carbocycles. The van der Waals surface area contributed by atoms with E-state index in [4.69, 9.17) is 21.1 Å². The first-order valence-electron chi connectivity index (χ1n) is 19.6. The molecule has 0 unspecified atom stereocenters. The monoisotopic (exact) mass is 815 g/mol. The lowest BCUT2D eigenvalue weighted by Crippen LogP contribution is -2.48. The second-order valence-corrected chi connectivity index (χ2v) is 20.5. The van der Waals surface area contributed by atoms with Gasteiger partial charge < -0.3 is 28.5 Å². The van der Waals surface area contributed by atoms with E-state index in [1.807, 2.05) is 85.8 Å². The summed E-state index contributed by atoms with van der Waals surface area (Å²) in [6.45, 7) is 5.37. The van der Waals surface area contributed by atoms with Gasteiger partial charge in [-0.2, -0.15) is 0 Å². The number of anilines is 3. The van der Waals surface area contributed by atoms with Crippen LogP contribution in [0.2, 0.25) is 23.7 Å². The van der Waals surface area contributed by atoms with Crippen molar-refractivity contribution in [3.05, 3.63) is 148 Å². The highest BCUT2D eigenvalue weighted by molar-refractivity contribution is 6.72. The molecule has 12 heteroatoms. The topological polar surface area (TPSA) is 99.6 Å². The number of aliphatic hydroxyl groups excluding tert-OH is 1. The number of rotatable bonds is 7. The first-order valence-corrected chi connectivity index (χ1v) is 23.0. The summed E-state index contributed by atoms with van der Waals surface area (Å²) in [5, 5.41) is 10.7. The SMILES string of the molecule is C[C@@H]1[C@@H]([Si](C)(C)F)[C@H](CC(=O)N2Cc3ccccc3C[C@H]2CO)O[C@@]12C(=O)N(Cc1ccc(N3C(=O)c4ccccc4Oc4ccccc43)cc1)c1ccc(Cl)cc12. The fourth-order valence-corrected chi connectivity index (χ4v) is 12.4. The van der Waals surface area contributed by atoms with Crippen molar-refractivity contribution in [2.24, 2.45) is 5.92 Å². The Balaban J connectivity index is 1.02. The molecule has 1 N–H and O–H groups in total. The Hall–Kier alpha value is -5.33. The molecule has 3 amide bonds. The number of ether oxygens (including phenoxy) is 2. The molecule has 9 nitrogen and oxygen atoms in total. The van der Waals surface area contributed by atoms with Crippen LogP contribution in [-0.2, 0) is 39.4 Å². The third-order valence-electron chi connectivity index (χ3n) is 12.4. The average Bonchev–Trinajstić information content (AvgIpc) is 3.58. The quantitative estimate of drug-likeness (QED) is 0.130. The Labute approximate surface area is 342 Å². The Bertz CT molecular complexity index is 2460. The number of para-hydroxylation sites is 3. The van der Waals surface area contributed by atoms with Gasteiger partial charge in [-0.15, -0.1) is 0 Å². The molecule has 9 rings (SSSR count). The maximum absolute atomic E-state index is 16.6. The van der Waals surface area contributed by atoms with Crippen LogP contribution in [0.3, 0.4) is 0 Å². The minimum Gasteiger partial charge on any atom is -0.454 e. The lowest BCUT2D eigenvalue weighted by molar-refractivity contribution is -0.151. The number of carbonyl (C=O) groups excluding carboxylic acids is 3. The number of hydrogen-bond acceptors (Lipinski definition) is 6. The van der Waals surface area contributed by atoms with Crippen molar-refractivity contribution in [1.29, 1.82) is 0 Å². The zero-order valence-corrected chi connectivity index (χ0v) is 34.2. The molecule has 0 aromatic heterocycles. The van der Waals surface area contributed by atoms with E-state index in [1.54, 1.807) is 64.2 Å². The molecule has 0 radical (unpaired) electrons. The summed E-state index contributed by atoms with van der Waals surface area (Å²) < 4.78 is 29.7. The maximum atomic E-state index is 16.6. The van der Waals surface area contributed by atoms with Gasteiger partial charge in [-0.1, -0.05) is 79.2 Å². The molecule has 0 bridgehead atoms. The lowest BCUT2D eigenvalue weighted by Gasteiger charge is -2.37. The third kappa shape index (κ3) is 6.23. The van der Waals surface area contributed by atoms with Gasteiger partial charge in [-0.25, -0.2) is 0 Å². The highest BCUT2D eigenvalue weighted by atomic mass is 35.5. The minimum absolute atomic E-state index is 0.131. The number of amides is 3. The molecule has 4 heterocycles. The van der Waals surface area contributed by atoms with Crippen LogP contribution in [0, 0.1) is 5.92 Å². The van der Waals surface area contributed by atoms with Crippen molar-refractivity contribution in [2.45, 2.75) is 69.2 Å². The fourth-order valence-electron chi connectivity index (χ4n) is 9.71. The number of benzene rings is 5. The van der Waals surface area contributed by atoms with Crippen molar-refractivity contribution in [2.75, 3.05) is 16.4 Å². The molecule has 296 valence electrons. The van der Waals surface area contributed by atoms with E-state index >= 15 is 8.90 Å². The van der Waals surface area contributed by atoms with Crippen LogP contribution in [-0.4, -0.2) is 54.9 Å². The number of nitrogens with zero attached hydrogens (tertiary/aromatic N) is 3. The predicted molar refractivity (Wildman–Crippen MR) is 223 cm³/mol.